The fourth-order valence-corrected chi connectivity index (χ4v) is 3.55. The first kappa shape index (κ1) is 13.8. The summed E-state index contributed by atoms with van der Waals surface area (Å²) in [5.41, 5.74) is 0. The predicted octanol–water partition coefficient (Wildman–Crippen LogP) is 2.34. The third-order valence-electron chi connectivity index (χ3n) is 3.99. The minimum Gasteiger partial charge on any atom is -0.448 e. The van der Waals surface area contributed by atoms with Gasteiger partial charge in [0, 0.05) is 36.1 Å². The van der Waals surface area contributed by atoms with Crippen molar-refractivity contribution in [2.24, 2.45) is 0 Å². The molecule has 2 heterocycles. The van der Waals surface area contributed by atoms with E-state index in [2.05, 4.69) is 17.2 Å². The van der Waals surface area contributed by atoms with Crippen LogP contribution in [0.5, 0.6) is 0 Å². The van der Waals surface area contributed by atoms with Crippen molar-refractivity contribution < 1.29 is 9.53 Å². The topological polar surface area (TPSA) is 54.5 Å². The molecule has 0 bridgehead atoms. The normalized spacial score (nSPS) is 20.9. The molecule has 1 aromatic rings. The molecule has 1 aliphatic heterocycles. The molecule has 2 fully saturated rings. The second-order valence-electron chi connectivity index (χ2n) is 5.63. The van der Waals surface area contributed by atoms with Gasteiger partial charge in [-0.3, -0.25) is 0 Å². The van der Waals surface area contributed by atoms with Crippen LogP contribution < -0.4 is 5.32 Å². The summed E-state index contributed by atoms with van der Waals surface area (Å²) in [5, 5.41) is 4.75. The first-order chi connectivity index (χ1) is 9.72. The fourth-order valence-electron chi connectivity index (χ4n) is 2.51. The Labute approximate surface area is 123 Å². The summed E-state index contributed by atoms with van der Waals surface area (Å²) in [7, 11) is 0. The minimum absolute atomic E-state index is 0.191. The van der Waals surface area contributed by atoms with Gasteiger partial charge in [0.2, 0.25) is 0 Å². The van der Waals surface area contributed by atoms with E-state index in [0.717, 1.165) is 6.54 Å². The zero-order chi connectivity index (χ0) is 13.9. The molecule has 0 spiro atoms. The van der Waals surface area contributed by atoms with E-state index in [0.29, 0.717) is 25.6 Å². The second kappa shape index (κ2) is 6.10. The largest absolute Gasteiger partial charge is 0.448 e. The highest BCUT2D eigenvalue weighted by Crippen LogP contribution is 2.38. The molecular formula is C14H21N3O2S. The van der Waals surface area contributed by atoms with Crippen molar-refractivity contribution in [2.45, 2.75) is 44.7 Å². The lowest BCUT2D eigenvalue weighted by Crippen LogP contribution is -2.39. The van der Waals surface area contributed by atoms with Crippen molar-refractivity contribution in [3.05, 3.63) is 16.1 Å². The first-order valence-corrected chi connectivity index (χ1v) is 8.13. The molecule has 1 saturated carbocycles. The highest BCUT2D eigenvalue weighted by Gasteiger charge is 2.24. The molecule has 1 amide bonds. The Balaban J connectivity index is 1.43. The number of carbonyl (C=O) groups is 1. The van der Waals surface area contributed by atoms with Gasteiger partial charge in [0.05, 0.1) is 11.6 Å². The maximum Gasteiger partial charge on any atom is 0.409 e. The van der Waals surface area contributed by atoms with Crippen molar-refractivity contribution in [3.8, 4) is 0 Å². The van der Waals surface area contributed by atoms with Crippen LogP contribution in [0.1, 0.15) is 42.0 Å². The van der Waals surface area contributed by atoms with Crippen LogP contribution in [0.25, 0.3) is 0 Å². The molecule has 1 aliphatic carbocycles. The van der Waals surface area contributed by atoms with E-state index in [4.69, 9.17) is 4.74 Å². The van der Waals surface area contributed by atoms with Gasteiger partial charge in [0.15, 0.2) is 0 Å². The van der Waals surface area contributed by atoms with Crippen molar-refractivity contribution in [1.29, 1.82) is 0 Å². The highest BCUT2D eigenvalue weighted by molar-refractivity contribution is 7.11. The van der Waals surface area contributed by atoms with E-state index in [1.807, 2.05) is 17.5 Å². The van der Waals surface area contributed by atoms with Gasteiger partial charge in [-0.2, -0.15) is 0 Å². The van der Waals surface area contributed by atoms with Gasteiger partial charge in [0.25, 0.3) is 0 Å². The summed E-state index contributed by atoms with van der Waals surface area (Å²) in [4.78, 5) is 18.9. The molecule has 0 radical (unpaired) electrons. The summed E-state index contributed by atoms with van der Waals surface area (Å²) >= 11 is 1.82. The Morgan fingerprint density at radius 3 is 3.10 bits per heavy atom. The molecule has 110 valence electrons. The molecule has 2 aliphatic rings. The Morgan fingerprint density at radius 1 is 1.60 bits per heavy atom. The average Bonchev–Trinajstić information content (AvgIpc) is 2.96. The van der Waals surface area contributed by atoms with Crippen LogP contribution in [0.15, 0.2) is 6.20 Å². The van der Waals surface area contributed by atoms with Crippen molar-refractivity contribution in [3.63, 3.8) is 0 Å². The number of amides is 1. The van der Waals surface area contributed by atoms with Gasteiger partial charge in [0.1, 0.15) is 6.61 Å². The number of rotatable bonds is 6. The minimum atomic E-state index is -0.191. The summed E-state index contributed by atoms with van der Waals surface area (Å²) in [6.07, 6.45) is 5.74. The Morgan fingerprint density at radius 2 is 2.45 bits per heavy atom. The van der Waals surface area contributed by atoms with E-state index in [-0.39, 0.29) is 12.1 Å². The lowest BCUT2D eigenvalue weighted by Gasteiger charge is -2.22. The monoisotopic (exact) mass is 295 g/mol. The zero-order valence-corrected chi connectivity index (χ0v) is 12.6. The van der Waals surface area contributed by atoms with Crippen LogP contribution in [0.3, 0.4) is 0 Å². The van der Waals surface area contributed by atoms with E-state index in [1.54, 1.807) is 4.90 Å². The van der Waals surface area contributed by atoms with Gasteiger partial charge in [-0.15, -0.1) is 11.3 Å². The second-order valence-corrected chi connectivity index (χ2v) is 6.78. The van der Waals surface area contributed by atoms with Gasteiger partial charge in [-0.1, -0.05) is 6.42 Å². The molecule has 0 aromatic carbocycles. The number of aromatic nitrogens is 1. The lowest BCUT2D eigenvalue weighted by molar-refractivity contribution is 0.156. The van der Waals surface area contributed by atoms with Crippen molar-refractivity contribution >= 4 is 17.4 Å². The summed E-state index contributed by atoms with van der Waals surface area (Å²) in [6.45, 7) is 4.85. The van der Waals surface area contributed by atoms with Gasteiger partial charge >= 0.3 is 6.09 Å². The quantitative estimate of drug-likeness (QED) is 0.875. The van der Waals surface area contributed by atoms with Crippen LogP contribution in [-0.4, -0.2) is 41.7 Å². The standard InChI is InChI=1S/C14H21N3O2S/c1-10(9-17-5-6-19-14(17)18)15-7-12-8-16-13(20-12)11-3-2-4-11/h8,10-11,15H,2-7,9H2,1H3. The molecule has 3 rings (SSSR count). The summed E-state index contributed by atoms with van der Waals surface area (Å²) in [6, 6.07) is 0.259. The number of carbonyl (C=O) groups excluding carboxylic acids is 1. The number of nitrogens with one attached hydrogen (secondary N) is 1. The molecule has 1 N–H and O–H groups in total. The smallest absolute Gasteiger partial charge is 0.409 e. The van der Waals surface area contributed by atoms with Crippen LogP contribution >= 0.6 is 11.3 Å². The maximum absolute atomic E-state index is 11.4. The van der Waals surface area contributed by atoms with Crippen molar-refractivity contribution in [2.75, 3.05) is 19.7 Å². The van der Waals surface area contributed by atoms with E-state index >= 15 is 0 Å². The Bertz CT molecular complexity index is 473. The molecule has 1 unspecified atom stereocenters. The zero-order valence-electron chi connectivity index (χ0n) is 11.8. The van der Waals surface area contributed by atoms with Crippen molar-refractivity contribution in [1.82, 2.24) is 15.2 Å². The molecule has 1 aromatic heterocycles. The third-order valence-corrected chi connectivity index (χ3v) is 5.15. The van der Waals surface area contributed by atoms with Crippen LogP contribution in [-0.2, 0) is 11.3 Å². The predicted molar refractivity (Wildman–Crippen MR) is 77.9 cm³/mol. The van der Waals surface area contributed by atoms with E-state index < -0.39 is 0 Å². The van der Waals surface area contributed by atoms with E-state index in [1.165, 1.54) is 29.1 Å². The molecule has 20 heavy (non-hydrogen) atoms. The molecule has 5 nitrogen and oxygen atoms in total. The summed E-state index contributed by atoms with van der Waals surface area (Å²) in [5.74, 6) is 0.713. The van der Waals surface area contributed by atoms with Crippen LogP contribution in [0, 0.1) is 0 Å². The molecular weight excluding hydrogens is 274 g/mol. The Hall–Kier alpha value is -1.14. The first-order valence-electron chi connectivity index (χ1n) is 7.32. The number of ether oxygens (including phenoxy) is 1. The van der Waals surface area contributed by atoms with Gasteiger partial charge in [-0.05, 0) is 19.8 Å². The number of cyclic esters (lactones) is 1. The van der Waals surface area contributed by atoms with Crippen LogP contribution in [0.4, 0.5) is 4.79 Å². The summed E-state index contributed by atoms with van der Waals surface area (Å²) < 4.78 is 4.93. The van der Waals surface area contributed by atoms with Gasteiger partial charge < -0.3 is 15.0 Å². The number of thiazole rings is 1. The number of hydrogen-bond donors (Lipinski definition) is 1. The van der Waals surface area contributed by atoms with E-state index in [9.17, 15) is 4.79 Å². The third kappa shape index (κ3) is 3.12. The fraction of sp³-hybridized carbons (Fsp3) is 0.714. The van der Waals surface area contributed by atoms with Crippen LogP contribution in [0.2, 0.25) is 0 Å². The average molecular weight is 295 g/mol. The number of hydrogen-bond acceptors (Lipinski definition) is 5. The lowest BCUT2D eigenvalue weighted by atomic mass is 9.86. The van der Waals surface area contributed by atoms with Gasteiger partial charge in [-0.25, -0.2) is 9.78 Å². The molecule has 1 atom stereocenters. The molecule has 1 saturated heterocycles. The Kier molecular flexibility index (Phi) is 4.21. The SMILES string of the molecule is CC(CN1CCOC1=O)NCc1cnc(C2CCC2)s1. The maximum atomic E-state index is 11.4. The molecule has 6 heteroatoms. The number of nitrogens with zero attached hydrogens (tertiary/aromatic N) is 2. The highest BCUT2D eigenvalue weighted by atomic mass is 32.1.